The summed E-state index contributed by atoms with van der Waals surface area (Å²) in [5.41, 5.74) is 1.22. The van der Waals surface area contributed by atoms with Crippen LogP contribution in [0.15, 0.2) is 6.20 Å². The number of nitrogens with zero attached hydrogens (tertiary/aromatic N) is 3. The van der Waals surface area contributed by atoms with Gasteiger partial charge in [0.2, 0.25) is 4.96 Å². The van der Waals surface area contributed by atoms with Crippen molar-refractivity contribution >= 4 is 16.3 Å². The van der Waals surface area contributed by atoms with Crippen molar-refractivity contribution in [1.29, 1.82) is 0 Å². The summed E-state index contributed by atoms with van der Waals surface area (Å²) in [5.74, 6) is 0. The average molecular weight is 195 g/mol. The summed E-state index contributed by atoms with van der Waals surface area (Å²) in [6.07, 6.45) is 1.85. The Hall–Kier alpha value is -0.900. The Labute approximate surface area is 81.4 Å². The predicted molar refractivity (Wildman–Crippen MR) is 54.3 cm³/mol. The van der Waals surface area contributed by atoms with Gasteiger partial charge in [-0.05, 0) is 6.92 Å². The molecule has 0 radical (unpaired) electrons. The minimum atomic E-state index is 0.123. The number of rotatable bonds is 0. The molecule has 2 aromatic rings. The molecule has 0 spiro atoms. The van der Waals surface area contributed by atoms with Crippen LogP contribution >= 0.6 is 11.3 Å². The normalized spacial score (nSPS) is 12.6. The summed E-state index contributed by atoms with van der Waals surface area (Å²) in [7, 11) is 0. The topological polar surface area (TPSA) is 30.2 Å². The van der Waals surface area contributed by atoms with Crippen molar-refractivity contribution in [3.05, 3.63) is 16.9 Å². The second kappa shape index (κ2) is 2.54. The lowest BCUT2D eigenvalue weighted by atomic mass is 9.98. The van der Waals surface area contributed by atoms with Crippen LogP contribution in [0, 0.1) is 6.92 Å². The van der Waals surface area contributed by atoms with Crippen LogP contribution < -0.4 is 0 Å². The van der Waals surface area contributed by atoms with Crippen molar-refractivity contribution in [2.45, 2.75) is 33.1 Å². The first-order valence-corrected chi connectivity index (χ1v) is 5.12. The minimum Gasteiger partial charge on any atom is -0.226 e. The molecular formula is C9H13N3S. The van der Waals surface area contributed by atoms with Crippen molar-refractivity contribution in [3.8, 4) is 0 Å². The third-order valence-electron chi connectivity index (χ3n) is 1.90. The zero-order chi connectivity index (χ0) is 9.64. The fourth-order valence-electron chi connectivity index (χ4n) is 1.10. The van der Waals surface area contributed by atoms with Gasteiger partial charge in [-0.2, -0.15) is 5.10 Å². The van der Waals surface area contributed by atoms with Gasteiger partial charge in [0.1, 0.15) is 5.01 Å². The number of aromatic nitrogens is 3. The van der Waals surface area contributed by atoms with Crippen LogP contribution in [0.3, 0.4) is 0 Å². The van der Waals surface area contributed by atoms with E-state index >= 15 is 0 Å². The largest absolute Gasteiger partial charge is 0.226 e. The monoisotopic (exact) mass is 195 g/mol. The molecule has 0 amide bonds. The maximum Gasteiger partial charge on any atom is 0.212 e. The molecule has 0 N–H and O–H groups in total. The number of hydrogen-bond acceptors (Lipinski definition) is 3. The lowest BCUT2D eigenvalue weighted by molar-refractivity contribution is 0.573. The lowest BCUT2D eigenvalue weighted by Crippen LogP contribution is -2.11. The highest BCUT2D eigenvalue weighted by Crippen LogP contribution is 2.27. The Morgan fingerprint density at radius 1 is 1.38 bits per heavy atom. The van der Waals surface area contributed by atoms with Crippen molar-refractivity contribution in [3.63, 3.8) is 0 Å². The van der Waals surface area contributed by atoms with Gasteiger partial charge < -0.3 is 0 Å². The summed E-state index contributed by atoms with van der Waals surface area (Å²) in [5, 5.41) is 5.65. The Kier molecular flexibility index (Phi) is 1.70. The van der Waals surface area contributed by atoms with Crippen LogP contribution in [0.5, 0.6) is 0 Å². The molecule has 2 heterocycles. The van der Waals surface area contributed by atoms with Gasteiger partial charge in [0.05, 0.1) is 11.9 Å². The number of aryl methyl sites for hydroxylation is 1. The van der Waals surface area contributed by atoms with Gasteiger partial charge in [0.25, 0.3) is 0 Å². The molecule has 0 aromatic carbocycles. The second-order valence-electron chi connectivity index (χ2n) is 4.25. The van der Waals surface area contributed by atoms with E-state index in [-0.39, 0.29) is 5.41 Å². The molecular weight excluding hydrogens is 182 g/mol. The molecule has 0 saturated carbocycles. The summed E-state index contributed by atoms with van der Waals surface area (Å²) < 4.78 is 1.91. The van der Waals surface area contributed by atoms with E-state index in [1.807, 2.05) is 17.6 Å². The molecule has 2 aromatic heterocycles. The molecule has 70 valence electrons. The molecule has 2 rings (SSSR count). The van der Waals surface area contributed by atoms with Crippen molar-refractivity contribution < 1.29 is 0 Å². The van der Waals surface area contributed by atoms with Gasteiger partial charge in [0.15, 0.2) is 0 Å². The highest BCUT2D eigenvalue weighted by molar-refractivity contribution is 7.16. The highest BCUT2D eigenvalue weighted by Gasteiger charge is 2.19. The Morgan fingerprint density at radius 3 is 2.62 bits per heavy atom. The maximum atomic E-state index is 4.52. The van der Waals surface area contributed by atoms with Crippen LogP contribution in [-0.4, -0.2) is 14.6 Å². The maximum absolute atomic E-state index is 4.52. The van der Waals surface area contributed by atoms with Crippen molar-refractivity contribution in [2.24, 2.45) is 0 Å². The van der Waals surface area contributed by atoms with E-state index in [4.69, 9.17) is 0 Å². The molecule has 0 fully saturated rings. The number of fused-ring (bicyclic) bond motifs is 1. The lowest BCUT2D eigenvalue weighted by Gasteiger charge is -2.12. The highest BCUT2D eigenvalue weighted by atomic mass is 32.1. The fraction of sp³-hybridized carbons (Fsp3) is 0.556. The third-order valence-corrected chi connectivity index (χ3v) is 3.25. The zero-order valence-electron chi connectivity index (χ0n) is 8.33. The van der Waals surface area contributed by atoms with Gasteiger partial charge in [-0.3, -0.25) is 0 Å². The zero-order valence-corrected chi connectivity index (χ0v) is 9.14. The van der Waals surface area contributed by atoms with Crippen LogP contribution in [0.4, 0.5) is 0 Å². The van der Waals surface area contributed by atoms with E-state index in [9.17, 15) is 0 Å². The van der Waals surface area contributed by atoms with E-state index in [0.717, 1.165) is 15.7 Å². The molecule has 0 saturated heterocycles. The first kappa shape index (κ1) is 8.69. The van der Waals surface area contributed by atoms with Crippen LogP contribution in [-0.2, 0) is 5.41 Å². The standard InChI is InChI=1S/C9H13N3S/c1-6-5-10-8-12(6)11-7(13-8)9(2,3)4/h5H,1-4H3. The minimum absolute atomic E-state index is 0.123. The van der Waals surface area contributed by atoms with E-state index in [1.54, 1.807) is 11.3 Å². The Bertz CT molecular complexity index is 433. The average Bonchev–Trinajstić information content (AvgIpc) is 2.51. The van der Waals surface area contributed by atoms with Crippen molar-refractivity contribution in [2.75, 3.05) is 0 Å². The first-order chi connectivity index (χ1) is 5.98. The summed E-state index contributed by atoms with van der Waals surface area (Å²) >= 11 is 1.67. The van der Waals surface area contributed by atoms with Gasteiger partial charge in [-0.1, -0.05) is 32.1 Å². The smallest absolute Gasteiger partial charge is 0.212 e. The Balaban J connectivity index is 2.63. The molecule has 0 unspecified atom stereocenters. The first-order valence-electron chi connectivity index (χ1n) is 4.30. The predicted octanol–water partition coefficient (Wildman–Crippen LogP) is 2.40. The van der Waals surface area contributed by atoms with Gasteiger partial charge >= 0.3 is 0 Å². The van der Waals surface area contributed by atoms with E-state index < -0.39 is 0 Å². The molecule has 4 heteroatoms. The van der Waals surface area contributed by atoms with Crippen LogP contribution in [0.25, 0.3) is 4.96 Å². The molecule has 13 heavy (non-hydrogen) atoms. The van der Waals surface area contributed by atoms with Gasteiger partial charge in [-0.25, -0.2) is 9.50 Å². The molecule has 0 bridgehead atoms. The van der Waals surface area contributed by atoms with Crippen molar-refractivity contribution in [1.82, 2.24) is 14.6 Å². The molecule has 0 aliphatic rings. The van der Waals surface area contributed by atoms with Crippen LogP contribution in [0.1, 0.15) is 31.5 Å². The van der Waals surface area contributed by atoms with Crippen LogP contribution in [0.2, 0.25) is 0 Å². The number of hydrogen-bond donors (Lipinski definition) is 0. The quantitative estimate of drug-likeness (QED) is 0.646. The van der Waals surface area contributed by atoms with E-state index in [2.05, 4.69) is 30.9 Å². The third kappa shape index (κ3) is 1.35. The van der Waals surface area contributed by atoms with E-state index in [1.165, 1.54) is 0 Å². The SMILES string of the molecule is Cc1cnc2sc(C(C)(C)C)nn12. The fourth-order valence-corrected chi connectivity index (χ4v) is 2.08. The summed E-state index contributed by atoms with van der Waals surface area (Å²) in [6.45, 7) is 8.52. The molecule has 0 aliphatic carbocycles. The summed E-state index contributed by atoms with van der Waals surface area (Å²) in [4.78, 5) is 5.26. The molecule has 0 atom stereocenters. The summed E-state index contributed by atoms with van der Waals surface area (Å²) in [6, 6.07) is 0. The second-order valence-corrected chi connectivity index (χ2v) is 5.21. The van der Waals surface area contributed by atoms with Gasteiger partial charge in [-0.15, -0.1) is 0 Å². The molecule has 0 aliphatic heterocycles. The number of imidazole rings is 1. The molecule has 3 nitrogen and oxygen atoms in total. The van der Waals surface area contributed by atoms with E-state index in [0.29, 0.717) is 0 Å². The Morgan fingerprint density at radius 2 is 2.08 bits per heavy atom. The van der Waals surface area contributed by atoms with Gasteiger partial charge in [0, 0.05) is 5.41 Å².